The minimum atomic E-state index is -0.624. The molecule has 0 fully saturated rings. The van der Waals surface area contributed by atoms with E-state index in [1.165, 1.54) is 18.3 Å². The van der Waals surface area contributed by atoms with Crippen LogP contribution in [0.1, 0.15) is 24.1 Å². The first-order valence-corrected chi connectivity index (χ1v) is 6.38. The molecule has 0 spiro atoms. The lowest BCUT2D eigenvalue weighted by Crippen LogP contribution is -2.24. The van der Waals surface area contributed by atoms with Gasteiger partial charge in [0.05, 0.1) is 6.20 Å². The smallest absolute Gasteiger partial charge is 0.146 e. The molecule has 0 bridgehead atoms. The molecule has 1 atom stereocenters. The van der Waals surface area contributed by atoms with Gasteiger partial charge in [-0.25, -0.2) is 13.2 Å². The molecule has 1 aromatic carbocycles. The normalized spacial score (nSPS) is 12.4. The van der Waals surface area contributed by atoms with Crippen LogP contribution in [0.4, 0.5) is 13.2 Å². The lowest BCUT2D eigenvalue weighted by Gasteiger charge is -2.19. The van der Waals surface area contributed by atoms with Crippen LogP contribution >= 0.6 is 0 Å². The van der Waals surface area contributed by atoms with Gasteiger partial charge in [-0.15, -0.1) is 0 Å². The molecule has 20 heavy (non-hydrogen) atoms. The van der Waals surface area contributed by atoms with Crippen molar-refractivity contribution in [3.63, 3.8) is 0 Å². The number of aromatic nitrogens is 1. The van der Waals surface area contributed by atoms with Gasteiger partial charge in [-0.05, 0) is 30.7 Å². The molecule has 0 aliphatic carbocycles. The van der Waals surface area contributed by atoms with Crippen molar-refractivity contribution in [2.45, 2.75) is 19.4 Å². The largest absolute Gasteiger partial charge is 0.310 e. The second-order valence-corrected chi connectivity index (χ2v) is 4.45. The highest BCUT2D eigenvalue weighted by atomic mass is 19.1. The highest BCUT2D eigenvalue weighted by Crippen LogP contribution is 2.22. The number of hydrogen-bond acceptors (Lipinski definition) is 2. The molecule has 106 valence electrons. The number of hydrogen-bond donors (Lipinski definition) is 1. The molecule has 0 aliphatic heterocycles. The van der Waals surface area contributed by atoms with Gasteiger partial charge in [0.25, 0.3) is 0 Å². The Labute approximate surface area is 115 Å². The average molecular weight is 280 g/mol. The summed E-state index contributed by atoms with van der Waals surface area (Å²) >= 11 is 0. The van der Waals surface area contributed by atoms with Crippen LogP contribution in [0, 0.1) is 17.5 Å². The molecule has 0 saturated heterocycles. The van der Waals surface area contributed by atoms with Crippen molar-refractivity contribution in [2.24, 2.45) is 0 Å². The molecule has 0 aliphatic rings. The molecule has 5 heteroatoms. The van der Waals surface area contributed by atoms with Crippen LogP contribution in [0.5, 0.6) is 0 Å². The molecular weight excluding hydrogens is 265 g/mol. The number of nitrogens with one attached hydrogen (secondary N) is 1. The molecule has 0 amide bonds. The van der Waals surface area contributed by atoms with Crippen molar-refractivity contribution in [1.82, 2.24) is 10.3 Å². The third-order valence-electron chi connectivity index (χ3n) is 3.07. The van der Waals surface area contributed by atoms with Crippen molar-refractivity contribution in [3.05, 3.63) is 65.2 Å². The van der Waals surface area contributed by atoms with Gasteiger partial charge in [0, 0.05) is 23.9 Å². The Hall–Kier alpha value is -1.88. The monoisotopic (exact) mass is 280 g/mol. The predicted octanol–water partition coefficient (Wildman–Crippen LogP) is 3.39. The maximum absolute atomic E-state index is 13.8. The Morgan fingerprint density at radius 3 is 2.60 bits per heavy atom. The van der Waals surface area contributed by atoms with Crippen molar-refractivity contribution in [1.29, 1.82) is 0 Å². The van der Waals surface area contributed by atoms with Crippen LogP contribution in [0.3, 0.4) is 0 Å². The van der Waals surface area contributed by atoms with Crippen LogP contribution < -0.4 is 5.32 Å². The second kappa shape index (κ2) is 6.52. The lowest BCUT2D eigenvalue weighted by atomic mass is 9.99. The fourth-order valence-corrected chi connectivity index (χ4v) is 2.11. The maximum atomic E-state index is 13.8. The first kappa shape index (κ1) is 14.5. The quantitative estimate of drug-likeness (QED) is 0.908. The molecule has 1 unspecified atom stereocenters. The summed E-state index contributed by atoms with van der Waals surface area (Å²) in [5, 5.41) is 3.10. The number of halogens is 3. The van der Waals surface area contributed by atoms with Crippen molar-refractivity contribution < 1.29 is 13.2 Å². The van der Waals surface area contributed by atoms with E-state index in [1.807, 2.05) is 6.92 Å². The SMILES string of the molecule is CCNC(Cc1ccc(F)cc1F)c1ccncc1F. The summed E-state index contributed by atoms with van der Waals surface area (Å²) < 4.78 is 40.4. The van der Waals surface area contributed by atoms with E-state index in [1.54, 1.807) is 6.07 Å². The number of nitrogens with zero attached hydrogens (tertiary/aromatic N) is 1. The fraction of sp³-hybridized carbons (Fsp3) is 0.267. The third-order valence-corrected chi connectivity index (χ3v) is 3.07. The molecular formula is C15H15F3N2. The van der Waals surface area contributed by atoms with E-state index in [0.29, 0.717) is 17.7 Å². The minimum Gasteiger partial charge on any atom is -0.310 e. The van der Waals surface area contributed by atoms with Crippen molar-refractivity contribution >= 4 is 0 Å². The van der Waals surface area contributed by atoms with Gasteiger partial charge in [-0.2, -0.15) is 0 Å². The zero-order valence-electron chi connectivity index (χ0n) is 11.0. The van der Waals surface area contributed by atoms with E-state index in [9.17, 15) is 13.2 Å². The molecule has 1 heterocycles. The molecule has 2 aromatic rings. The molecule has 0 saturated carbocycles. The van der Waals surface area contributed by atoms with Crippen molar-refractivity contribution in [2.75, 3.05) is 6.54 Å². The third kappa shape index (κ3) is 3.36. The van der Waals surface area contributed by atoms with Gasteiger partial charge in [-0.1, -0.05) is 13.0 Å². The standard InChI is InChI=1S/C15H15F3N2/c1-2-20-15(12-5-6-19-9-14(12)18)7-10-3-4-11(16)8-13(10)17/h3-6,8-9,15,20H,2,7H2,1H3. The number of rotatable bonds is 5. The Morgan fingerprint density at radius 2 is 1.95 bits per heavy atom. The zero-order chi connectivity index (χ0) is 14.5. The number of likely N-dealkylation sites (N-methyl/N-ethyl adjacent to an activating group) is 1. The Kier molecular flexibility index (Phi) is 4.74. The summed E-state index contributed by atoms with van der Waals surface area (Å²) in [6.07, 6.45) is 2.85. The fourth-order valence-electron chi connectivity index (χ4n) is 2.11. The van der Waals surface area contributed by atoms with Gasteiger partial charge in [0.2, 0.25) is 0 Å². The van der Waals surface area contributed by atoms with Crippen molar-refractivity contribution in [3.8, 4) is 0 Å². The van der Waals surface area contributed by atoms with E-state index in [0.717, 1.165) is 12.3 Å². The summed E-state index contributed by atoms with van der Waals surface area (Å²) in [7, 11) is 0. The van der Waals surface area contributed by atoms with Gasteiger partial charge in [-0.3, -0.25) is 4.98 Å². The van der Waals surface area contributed by atoms with Crippen LogP contribution in [0.2, 0.25) is 0 Å². The first-order valence-electron chi connectivity index (χ1n) is 6.38. The summed E-state index contributed by atoms with van der Waals surface area (Å²) in [6.45, 7) is 2.49. The van der Waals surface area contributed by atoms with Crippen LogP contribution in [-0.4, -0.2) is 11.5 Å². The minimum absolute atomic E-state index is 0.237. The van der Waals surface area contributed by atoms with Crippen LogP contribution in [0.25, 0.3) is 0 Å². The highest BCUT2D eigenvalue weighted by molar-refractivity contribution is 5.24. The van der Waals surface area contributed by atoms with E-state index in [2.05, 4.69) is 10.3 Å². The summed E-state index contributed by atoms with van der Waals surface area (Å²) in [5.41, 5.74) is 0.763. The van der Waals surface area contributed by atoms with E-state index < -0.39 is 17.5 Å². The number of pyridine rings is 1. The molecule has 1 N–H and O–H groups in total. The van der Waals surface area contributed by atoms with Gasteiger partial charge >= 0.3 is 0 Å². The van der Waals surface area contributed by atoms with E-state index >= 15 is 0 Å². The molecule has 0 radical (unpaired) electrons. The van der Waals surface area contributed by atoms with Crippen LogP contribution in [0.15, 0.2) is 36.7 Å². The molecule has 2 nitrogen and oxygen atoms in total. The predicted molar refractivity (Wildman–Crippen MR) is 70.7 cm³/mol. The first-order chi connectivity index (χ1) is 9.61. The number of benzene rings is 1. The molecule has 2 rings (SSSR count). The second-order valence-electron chi connectivity index (χ2n) is 4.45. The van der Waals surface area contributed by atoms with Gasteiger partial charge < -0.3 is 5.32 Å². The summed E-state index contributed by atoms with van der Waals surface area (Å²) in [5.74, 6) is -1.69. The zero-order valence-corrected chi connectivity index (χ0v) is 11.0. The van der Waals surface area contributed by atoms with E-state index in [-0.39, 0.29) is 12.5 Å². The lowest BCUT2D eigenvalue weighted by molar-refractivity contribution is 0.493. The maximum Gasteiger partial charge on any atom is 0.146 e. The Balaban J connectivity index is 2.28. The van der Waals surface area contributed by atoms with Crippen LogP contribution in [-0.2, 0) is 6.42 Å². The molecule has 1 aromatic heterocycles. The summed E-state index contributed by atoms with van der Waals surface area (Å²) in [4.78, 5) is 3.70. The van der Waals surface area contributed by atoms with Gasteiger partial charge in [0.15, 0.2) is 0 Å². The topological polar surface area (TPSA) is 24.9 Å². The summed E-state index contributed by atoms with van der Waals surface area (Å²) in [6, 6.07) is 4.59. The highest BCUT2D eigenvalue weighted by Gasteiger charge is 2.17. The van der Waals surface area contributed by atoms with Gasteiger partial charge in [0.1, 0.15) is 17.5 Å². The average Bonchev–Trinajstić information content (AvgIpc) is 2.42. The Bertz CT molecular complexity index is 587. The Morgan fingerprint density at radius 1 is 1.15 bits per heavy atom. The van der Waals surface area contributed by atoms with E-state index in [4.69, 9.17) is 0 Å².